The van der Waals surface area contributed by atoms with E-state index in [4.69, 9.17) is 9.47 Å². The summed E-state index contributed by atoms with van der Waals surface area (Å²) in [7, 11) is 3.14. The quantitative estimate of drug-likeness (QED) is 0.820. The van der Waals surface area contributed by atoms with E-state index in [1.54, 1.807) is 34.9 Å². The van der Waals surface area contributed by atoms with Crippen molar-refractivity contribution in [3.05, 3.63) is 22.5 Å². The zero-order valence-electron chi connectivity index (χ0n) is 12.9. The second-order valence-corrected chi connectivity index (χ2v) is 4.71. The van der Waals surface area contributed by atoms with Gasteiger partial charge in [0.2, 0.25) is 0 Å². The van der Waals surface area contributed by atoms with Crippen LogP contribution in [0.1, 0.15) is 39.0 Å². The van der Waals surface area contributed by atoms with E-state index in [2.05, 4.69) is 4.98 Å². The van der Waals surface area contributed by atoms with Gasteiger partial charge in [0, 0.05) is 19.8 Å². The summed E-state index contributed by atoms with van der Waals surface area (Å²) in [6.07, 6.45) is 0. The Morgan fingerprint density at radius 1 is 1.10 bits per heavy atom. The van der Waals surface area contributed by atoms with Crippen LogP contribution >= 0.6 is 0 Å². The van der Waals surface area contributed by atoms with Crippen molar-refractivity contribution in [1.82, 2.24) is 9.88 Å². The summed E-state index contributed by atoms with van der Waals surface area (Å²) < 4.78 is 9.87. The van der Waals surface area contributed by atoms with E-state index in [1.807, 2.05) is 0 Å². The number of carbonyl (C=O) groups is 3. The number of aromatic amines is 1. The molecule has 1 N–H and O–H groups in total. The summed E-state index contributed by atoms with van der Waals surface area (Å²) in [5.41, 5.74) is 1.43. The Morgan fingerprint density at radius 2 is 1.71 bits per heavy atom. The van der Waals surface area contributed by atoms with Crippen molar-refractivity contribution in [1.29, 1.82) is 0 Å². The van der Waals surface area contributed by atoms with Crippen molar-refractivity contribution < 1.29 is 23.9 Å². The molecule has 0 unspecified atom stereocenters. The van der Waals surface area contributed by atoms with Crippen LogP contribution in [0.2, 0.25) is 0 Å². The number of rotatable bonds is 5. The average Bonchev–Trinajstić information content (AvgIpc) is 2.71. The van der Waals surface area contributed by atoms with Crippen molar-refractivity contribution in [2.75, 3.05) is 27.3 Å². The highest BCUT2D eigenvalue weighted by atomic mass is 16.5. The topological polar surface area (TPSA) is 88.7 Å². The molecule has 0 aliphatic rings. The lowest BCUT2D eigenvalue weighted by atomic mass is 10.1. The van der Waals surface area contributed by atoms with Crippen LogP contribution in [0.15, 0.2) is 0 Å². The Labute approximate surface area is 123 Å². The van der Waals surface area contributed by atoms with E-state index in [9.17, 15) is 14.4 Å². The van der Waals surface area contributed by atoms with Gasteiger partial charge in [-0.2, -0.15) is 0 Å². The number of esters is 2. The number of hydrogen-bond acceptors (Lipinski definition) is 5. The lowest BCUT2D eigenvalue weighted by Gasteiger charge is -2.10. The highest BCUT2D eigenvalue weighted by Crippen LogP contribution is 2.19. The Hall–Kier alpha value is -2.31. The SMILES string of the molecule is CCOC(=O)c1[nH]c(C)c(C(=O)OCC(=O)N(C)C)c1C. The molecular formula is C14H20N2O5. The first-order valence-electron chi connectivity index (χ1n) is 6.53. The Kier molecular flexibility index (Phi) is 5.52. The fourth-order valence-corrected chi connectivity index (χ4v) is 1.79. The lowest BCUT2D eigenvalue weighted by molar-refractivity contribution is -0.131. The standard InChI is InChI=1S/C14H20N2O5/c1-6-20-14(19)12-8(2)11(9(3)15-12)13(18)21-7-10(17)16(4)5/h15H,6-7H2,1-5H3. The highest BCUT2D eigenvalue weighted by Gasteiger charge is 2.24. The summed E-state index contributed by atoms with van der Waals surface area (Å²) in [6, 6.07) is 0. The molecule has 21 heavy (non-hydrogen) atoms. The van der Waals surface area contributed by atoms with Gasteiger partial charge in [0.15, 0.2) is 6.61 Å². The number of ether oxygens (including phenoxy) is 2. The van der Waals surface area contributed by atoms with E-state index in [0.29, 0.717) is 11.3 Å². The minimum Gasteiger partial charge on any atom is -0.461 e. The van der Waals surface area contributed by atoms with Crippen molar-refractivity contribution in [3.8, 4) is 0 Å². The minimum atomic E-state index is -0.646. The van der Waals surface area contributed by atoms with Crippen LogP contribution < -0.4 is 0 Å². The summed E-state index contributed by atoms with van der Waals surface area (Å²) >= 11 is 0. The summed E-state index contributed by atoms with van der Waals surface area (Å²) in [4.78, 5) is 39.3. The fourth-order valence-electron chi connectivity index (χ4n) is 1.79. The Bertz CT molecular complexity index is 560. The van der Waals surface area contributed by atoms with E-state index in [0.717, 1.165) is 0 Å². The lowest BCUT2D eigenvalue weighted by Crippen LogP contribution is -2.27. The molecule has 1 aromatic rings. The molecule has 7 heteroatoms. The maximum absolute atomic E-state index is 12.0. The molecule has 0 fully saturated rings. The average molecular weight is 296 g/mol. The van der Waals surface area contributed by atoms with Crippen molar-refractivity contribution >= 4 is 17.8 Å². The van der Waals surface area contributed by atoms with Crippen LogP contribution in [0, 0.1) is 13.8 Å². The number of nitrogens with one attached hydrogen (secondary N) is 1. The third-order valence-corrected chi connectivity index (χ3v) is 2.95. The van der Waals surface area contributed by atoms with E-state index >= 15 is 0 Å². The van der Waals surface area contributed by atoms with Crippen LogP contribution in [0.5, 0.6) is 0 Å². The van der Waals surface area contributed by atoms with Gasteiger partial charge in [-0.15, -0.1) is 0 Å². The first-order chi connectivity index (χ1) is 9.79. The number of aromatic nitrogens is 1. The Morgan fingerprint density at radius 3 is 2.24 bits per heavy atom. The molecule has 0 saturated heterocycles. The molecular weight excluding hydrogens is 276 g/mol. The third-order valence-electron chi connectivity index (χ3n) is 2.95. The van der Waals surface area contributed by atoms with Crippen LogP contribution in [0.25, 0.3) is 0 Å². The molecule has 1 rings (SSSR count). The van der Waals surface area contributed by atoms with Gasteiger partial charge in [-0.25, -0.2) is 9.59 Å². The number of likely N-dealkylation sites (N-methyl/N-ethyl adjacent to an activating group) is 1. The first-order valence-corrected chi connectivity index (χ1v) is 6.53. The first kappa shape index (κ1) is 16.7. The largest absolute Gasteiger partial charge is 0.461 e. The summed E-state index contributed by atoms with van der Waals surface area (Å²) in [5.74, 6) is -1.49. The van der Waals surface area contributed by atoms with Gasteiger partial charge < -0.3 is 19.4 Å². The molecule has 0 aliphatic carbocycles. The molecule has 1 heterocycles. The fraction of sp³-hybridized carbons (Fsp3) is 0.500. The van der Waals surface area contributed by atoms with Gasteiger partial charge in [0.25, 0.3) is 5.91 Å². The predicted octanol–water partition coefficient (Wildman–Crippen LogP) is 1.05. The van der Waals surface area contributed by atoms with Gasteiger partial charge >= 0.3 is 11.9 Å². The molecule has 1 aromatic heterocycles. The summed E-state index contributed by atoms with van der Waals surface area (Å²) in [5, 5.41) is 0. The van der Waals surface area contributed by atoms with Crippen LogP contribution in [-0.2, 0) is 14.3 Å². The zero-order valence-corrected chi connectivity index (χ0v) is 12.9. The van der Waals surface area contributed by atoms with Crippen LogP contribution in [0.3, 0.4) is 0 Å². The predicted molar refractivity (Wildman–Crippen MR) is 75.2 cm³/mol. The van der Waals surface area contributed by atoms with Crippen molar-refractivity contribution in [3.63, 3.8) is 0 Å². The monoisotopic (exact) mass is 296 g/mol. The Balaban J connectivity index is 2.90. The van der Waals surface area contributed by atoms with Crippen molar-refractivity contribution in [2.24, 2.45) is 0 Å². The van der Waals surface area contributed by atoms with Gasteiger partial charge in [0.05, 0.1) is 12.2 Å². The van der Waals surface area contributed by atoms with Gasteiger partial charge in [0.1, 0.15) is 5.69 Å². The molecule has 0 bridgehead atoms. The molecule has 0 atom stereocenters. The minimum absolute atomic E-state index is 0.222. The van der Waals surface area contributed by atoms with E-state index < -0.39 is 11.9 Å². The zero-order chi connectivity index (χ0) is 16.2. The molecule has 7 nitrogen and oxygen atoms in total. The molecule has 0 saturated carbocycles. The van der Waals surface area contributed by atoms with Gasteiger partial charge in [-0.3, -0.25) is 4.79 Å². The molecule has 0 spiro atoms. The van der Waals surface area contributed by atoms with Gasteiger partial charge in [-0.05, 0) is 26.3 Å². The van der Waals surface area contributed by atoms with Crippen LogP contribution in [-0.4, -0.2) is 55.0 Å². The summed E-state index contributed by atoms with van der Waals surface area (Å²) in [6.45, 7) is 4.88. The number of nitrogens with zero attached hydrogens (tertiary/aromatic N) is 1. The molecule has 0 radical (unpaired) electrons. The number of hydrogen-bond donors (Lipinski definition) is 1. The third kappa shape index (κ3) is 3.84. The second-order valence-electron chi connectivity index (χ2n) is 4.71. The highest BCUT2D eigenvalue weighted by molar-refractivity contribution is 5.99. The van der Waals surface area contributed by atoms with E-state index in [1.165, 1.54) is 4.90 Å². The van der Waals surface area contributed by atoms with Crippen LogP contribution in [0.4, 0.5) is 0 Å². The smallest absolute Gasteiger partial charge is 0.355 e. The molecule has 0 aromatic carbocycles. The molecule has 0 aliphatic heterocycles. The number of aryl methyl sites for hydroxylation is 1. The van der Waals surface area contributed by atoms with E-state index in [-0.39, 0.29) is 30.4 Å². The van der Waals surface area contributed by atoms with Crippen molar-refractivity contribution in [2.45, 2.75) is 20.8 Å². The number of amides is 1. The maximum atomic E-state index is 12.0. The molecule has 1 amide bonds. The number of carbonyl (C=O) groups excluding carboxylic acids is 3. The number of H-pyrrole nitrogens is 1. The normalized spacial score (nSPS) is 10.1. The van der Waals surface area contributed by atoms with Gasteiger partial charge in [-0.1, -0.05) is 0 Å². The molecule has 116 valence electrons. The maximum Gasteiger partial charge on any atom is 0.355 e. The second kappa shape index (κ2) is 6.92.